The summed E-state index contributed by atoms with van der Waals surface area (Å²) in [4.78, 5) is 16.6. The van der Waals surface area contributed by atoms with Gasteiger partial charge in [-0.3, -0.25) is 0 Å². The highest BCUT2D eigenvalue weighted by Crippen LogP contribution is 2.32. The van der Waals surface area contributed by atoms with Crippen LogP contribution in [0.3, 0.4) is 0 Å². The van der Waals surface area contributed by atoms with Gasteiger partial charge in [-0.1, -0.05) is 24.3 Å². The number of piperazine rings is 1. The fraction of sp³-hybridized carbons (Fsp3) is 0.381. The van der Waals surface area contributed by atoms with Gasteiger partial charge < -0.3 is 24.6 Å². The van der Waals surface area contributed by atoms with E-state index in [2.05, 4.69) is 23.2 Å². The van der Waals surface area contributed by atoms with Gasteiger partial charge in [0.15, 0.2) is 0 Å². The van der Waals surface area contributed by atoms with Crippen LogP contribution in [0, 0.1) is 6.92 Å². The number of hydrogen-bond donors (Lipinski definition) is 1. The fourth-order valence-electron chi connectivity index (χ4n) is 3.29. The molecule has 0 unspecified atom stereocenters. The van der Waals surface area contributed by atoms with Gasteiger partial charge in [0, 0.05) is 38.8 Å². The lowest BCUT2D eigenvalue weighted by Gasteiger charge is -2.36. The molecule has 0 spiro atoms. The van der Waals surface area contributed by atoms with Crippen molar-refractivity contribution in [1.82, 2.24) is 10.2 Å². The lowest BCUT2D eigenvalue weighted by Crippen LogP contribution is -2.51. The minimum atomic E-state index is -0.0180. The topological polar surface area (TPSA) is 54.0 Å². The maximum atomic E-state index is 12.5. The van der Waals surface area contributed by atoms with E-state index in [0.717, 1.165) is 35.8 Å². The Morgan fingerprint density at radius 1 is 1.04 bits per heavy atom. The lowest BCUT2D eigenvalue weighted by atomic mass is 10.1. The minimum Gasteiger partial charge on any atom is -0.497 e. The number of hydrogen-bond acceptors (Lipinski definition) is 4. The van der Waals surface area contributed by atoms with E-state index in [1.54, 1.807) is 14.2 Å². The van der Waals surface area contributed by atoms with Crippen LogP contribution in [0.5, 0.6) is 11.5 Å². The van der Waals surface area contributed by atoms with Crippen LogP contribution in [-0.4, -0.2) is 51.3 Å². The average Bonchev–Trinajstić information content (AvgIpc) is 2.72. The van der Waals surface area contributed by atoms with E-state index in [1.165, 1.54) is 5.56 Å². The molecule has 6 nitrogen and oxygen atoms in total. The van der Waals surface area contributed by atoms with Gasteiger partial charge in [0.05, 0.1) is 19.9 Å². The highest BCUT2D eigenvalue weighted by molar-refractivity contribution is 5.74. The standard InChI is InChI=1S/C21H27N3O3/c1-16-6-4-5-7-17(16)15-22-21(25)24-12-10-23(11-13-24)19-14-18(26-2)8-9-20(19)27-3/h4-9,14H,10-13,15H2,1-3H3,(H,22,25). The van der Waals surface area contributed by atoms with Crippen LogP contribution in [0.15, 0.2) is 42.5 Å². The van der Waals surface area contributed by atoms with Gasteiger partial charge in [0.25, 0.3) is 0 Å². The molecular weight excluding hydrogens is 342 g/mol. The van der Waals surface area contributed by atoms with Crippen molar-refractivity contribution in [3.05, 3.63) is 53.6 Å². The Bertz CT molecular complexity index is 786. The second-order valence-corrected chi connectivity index (χ2v) is 6.60. The number of carbonyl (C=O) groups excluding carboxylic acids is 1. The summed E-state index contributed by atoms with van der Waals surface area (Å²) in [7, 11) is 3.32. The smallest absolute Gasteiger partial charge is 0.317 e. The maximum Gasteiger partial charge on any atom is 0.317 e. The fourth-order valence-corrected chi connectivity index (χ4v) is 3.29. The van der Waals surface area contributed by atoms with Crippen molar-refractivity contribution < 1.29 is 14.3 Å². The molecule has 6 heteroatoms. The predicted octanol–water partition coefficient (Wildman–Crippen LogP) is 3.04. The summed E-state index contributed by atoms with van der Waals surface area (Å²) >= 11 is 0. The third kappa shape index (κ3) is 4.45. The van der Waals surface area contributed by atoms with Gasteiger partial charge in [-0.15, -0.1) is 0 Å². The number of benzene rings is 2. The van der Waals surface area contributed by atoms with E-state index in [9.17, 15) is 4.79 Å². The lowest BCUT2D eigenvalue weighted by molar-refractivity contribution is 0.194. The molecule has 2 amide bonds. The monoisotopic (exact) mass is 369 g/mol. The molecule has 0 saturated carbocycles. The van der Waals surface area contributed by atoms with Crippen molar-refractivity contribution >= 4 is 11.7 Å². The number of rotatable bonds is 5. The van der Waals surface area contributed by atoms with Gasteiger partial charge in [-0.05, 0) is 30.2 Å². The van der Waals surface area contributed by atoms with Gasteiger partial charge in [-0.2, -0.15) is 0 Å². The first kappa shape index (κ1) is 18.9. The quantitative estimate of drug-likeness (QED) is 0.880. The number of aryl methyl sites for hydroxylation is 1. The summed E-state index contributed by atoms with van der Waals surface area (Å²) in [5.74, 6) is 1.61. The van der Waals surface area contributed by atoms with Crippen LogP contribution < -0.4 is 19.7 Å². The molecule has 1 saturated heterocycles. The molecule has 1 N–H and O–H groups in total. The maximum absolute atomic E-state index is 12.5. The molecule has 0 radical (unpaired) electrons. The number of nitrogens with zero attached hydrogens (tertiary/aromatic N) is 2. The number of carbonyl (C=O) groups is 1. The highest BCUT2D eigenvalue weighted by atomic mass is 16.5. The third-order valence-corrected chi connectivity index (χ3v) is 4.98. The van der Waals surface area contributed by atoms with Crippen LogP contribution in [0.1, 0.15) is 11.1 Å². The van der Waals surface area contributed by atoms with E-state index in [1.807, 2.05) is 41.3 Å². The number of amides is 2. The van der Waals surface area contributed by atoms with Gasteiger partial charge in [0.2, 0.25) is 0 Å². The van der Waals surface area contributed by atoms with Crippen molar-refractivity contribution in [2.75, 3.05) is 45.3 Å². The van der Waals surface area contributed by atoms with Crippen molar-refractivity contribution in [1.29, 1.82) is 0 Å². The molecule has 1 fully saturated rings. The second-order valence-electron chi connectivity index (χ2n) is 6.60. The summed E-state index contributed by atoms with van der Waals surface area (Å²) in [5.41, 5.74) is 3.33. The predicted molar refractivity (Wildman–Crippen MR) is 107 cm³/mol. The van der Waals surface area contributed by atoms with Crippen LogP contribution in [0.2, 0.25) is 0 Å². The first-order valence-electron chi connectivity index (χ1n) is 9.16. The minimum absolute atomic E-state index is 0.0180. The van der Waals surface area contributed by atoms with Crippen LogP contribution in [0.4, 0.5) is 10.5 Å². The van der Waals surface area contributed by atoms with Crippen molar-refractivity contribution in [3.8, 4) is 11.5 Å². The molecule has 1 aliphatic rings. The van der Waals surface area contributed by atoms with Crippen LogP contribution in [0.25, 0.3) is 0 Å². The highest BCUT2D eigenvalue weighted by Gasteiger charge is 2.23. The molecule has 3 rings (SSSR count). The van der Waals surface area contributed by atoms with E-state index in [4.69, 9.17) is 9.47 Å². The van der Waals surface area contributed by atoms with E-state index >= 15 is 0 Å². The molecule has 27 heavy (non-hydrogen) atoms. The third-order valence-electron chi connectivity index (χ3n) is 4.98. The molecule has 144 valence electrons. The van der Waals surface area contributed by atoms with E-state index in [-0.39, 0.29) is 6.03 Å². The van der Waals surface area contributed by atoms with Gasteiger partial charge in [0.1, 0.15) is 11.5 Å². The summed E-state index contributed by atoms with van der Waals surface area (Å²) in [6.07, 6.45) is 0. The molecule has 2 aromatic carbocycles. The van der Waals surface area contributed by atoms with Gasteiger partial charge >= 0.3 is 6.03 Å². The number of nitrogens with one attached hydrogen (secondary N) is 1. The molecular formula is C21H27N3O3. The normalized spacial score (nSPS) is 14.0. The number of anilines is 1. The van der Waals surface area contributed by atoms with E-state index in [0.29, 0.717) is 19.6 Å². The van der Waals surface area contributed by atoms with Crippen molar-refractivity contribution in [3.63, 3.8) is 0 Å². The van der Waals surface area contributed by atoms with Crippen molar-refractivity contribution in [2.45, 2.75) is 13.5 Å². The Hall–Kier alpha value is -2.89. The average molecular weight is 369 g/mol. The molecule has 0 bridgehead atoms. The largest absolute Gasteiger partial charge is 0.497 e. The summed E-state index contributed by atoms with van der Waals surface area (Å²) in [6, 6.07) is 13.9. The molecule has 1 aliphatic heterocycles. The van der Waals surface area contributed by atoms with Gasteiger partial charge in [-0.25, -0.2) is 4.79 Å². The van der Waals surface area contributed by atoms with Crippen LogP contribution >= 0.6 is 0 Å². The summed E-state index contributed by atoms with van der Waals surface area (Å²) < 4.78 is 10.8. The first-order chi connectivity index (χ1) is 13.1. The van der Waals surface area contributed by atoms with Crippen molar-refractivity contribution in [2.24, 2.45) is 0 Å². The molecule has 2 aromatic rings. The summed E-state index contributed by atoms with van der Waals surface area (Å²) in [5, 5.41) is 3.03. The number of urea groups is 1. The SMILES string of the molecule is COc1ccc(OC)c(N2CCN(C(=O)NCc3ccccc3C)CC2)c1. The molecule has 0 aliphatic carbocycles. The van der Waals surface area contributed by atoms with Crippen LogP contribution in [-0.2, 0) is 6.54 Å². The molecule has 0 aromatic heterocycles. The van der Waals surface area contributed by atoms with E-state index < -0.39 is 0 Å². The Balaban J connectivity index is 1.57. The zero-order chi connectivity index (χ0) is 19.2. The number of ether oxygens (including phenoxy) is 2. The Morgan fingerprint density at radius 3 is 2.44 bits per heavy atom. The molecule has 0 atom stereocenters. The zero-order valence-corrected chi connectivity index (χ0v) is 16.2. The Kier molecular flexibility index (Phi) is 6.06. The Morgan fingerprint density at radius 2 is 1.78 bits per heavy atom. The first-order valence-corrected chi connectivity index (χ1v) is 9.16. The second kappa shape index (κ2) is 8.66. The summed E-state index contributed by atoms with van der Waals surface area (Å²) in [6.45, 7) is 5.44. The number of methoxy groups -OCH3 is 2. The Labute approximate surface area is 160 Å². The zero-order valence-electron chi connectivity index (χ0n) is 16.2. The molecule has 1 heterocycles.